The van der Waals surface area contributed by atoms with Gasteiger partial charge < -0.3 is 33.7 Å². The van der Waals surface area contributed by atoms with Crippen molar-refractivity contribution in [3.63, 3.8) is 0 Å². The number of amides is 1. The third-order valence-electron chi connectivity index (χ3n) is 5.90. The van der Waals surface area contributed by atoms with Crippen LogP contribution in [-0.4, -0.2) is 72.2 Å². The predicted octanol–water partition coefficient (Wildman–Crippen LogP) is 5.68. The Balaban J connectivity index is 2.22. The lowest BCUT2D eigenvalue weighted by Gasteiger charge is -2.29. The van der Waals surface area contributed by atoms with Crippen LogP contribution in [0.25, 0.3) is 0 Å². The summed E-state index contributed by atoms with van der Waals surface area (Å²) in [6.07, 6.45) is -1.94. The van der Waals surface area contributed by atoms with Gasteiger partial charge >= 0.3 is 18.0 Å². The molecule has 1 aliphatic heterocycles. The van der Waals surface area contributed by atoms with Crippen molar-refractivity contribution < 1.29 is 47.2 Å². The highest BCUT2D eigenvalue weighted by molar-refractivity contribution is 5.83. The van der Waals surface area contributed by atoms with Gasteiger partial charge in [0, 0.05) is 0 Å². The van der Waals surface area contributed by atoms with E-state index in [9.17, 15) is 18.8 Å². The lowest BCUT2D eigenvalue weighted by molar-refractivity contribution is -0.162. The minimum absolute atomic E-state index is 0.0826. The maximum Gasteiger partial charge on any atom is 0.408 e. The summed E-state index contributed by atoms with van der Waals surface area (Å²) in [6, 6.07) is 5.88. The Labute approximate surface area is 255 Å². The van der Waals surface area contributed by atoms with E-state index < -0.39 is 71.5 Å². The third-order valence-corrected chi connectivity index (χ3v) is 5.90. The van der Waals surface area contributed by atoms with Gasteiger partial charge in [0.2, 0.25) is 0 Å². The first-order valence-corrected chi connectivity index (χ1v) is 14.6. The van der Waals surface area contributed by atoms with Crippen LogP contribution >= 0.6 is 0 Å². The van der Waals surface area contributed by atoms with E-state index in [4.69, 9.17) is 28.4 Å². The van der Waals surface area contributed by atoms with E-state index >= 15 is 0 Å². The second-order valence-corrected chi connectivity index (χ2v) is 14.2. The number of hydrogen-bond donors (Lipinski definition) is 1. The van der Waals surface area contributed by atoms with Gasteiger partial charge in [-0.1, -0.05) is 12.1 Å². The van der Waals surface area contributed by atoms with E-state index in [2.05, 4.69) is 5.32 Å². The number of hydrogen-bond acceptors (Lipinski definition) is 9. The molecule has 43 heavy (non-hydrogen) atoms. The van der Waals surface area contributed by atoms with Gasteiger partial charge in [-0.15, -0.1) is 0 Å². The molecule has 0 saturated carbocycles. The van der Waals surface area contributed by atoms with Crippen LogP contribution in [0.4, 0.5) is 9.18 Å². The summed E-state index contributed by atoms with van der Waals surface area (Å²) in [5.41, 5.74) is -1.62. The topological polar surface area (TPSA) is 119 Å². The van der Waals surface area contributed by atoms with Gasteiger partial charge in [-0.2, -0.15) is 0 Å². The van der Waals surface area contributed by atoms with E-state index in [0.717, 1.165) is 5.56 Å². The number of rotatable bonds is 11. The van der Waals surface area contributed by atoms with Crippen LogP contribution < -0.4 is 10.1 Å². The molecule has 1 saturated heterocycles. The van der Waals surface area contributed by atoms with Crippen molar-refractivity contribution in [2.24, 2.45) is 5.92 Å². The van der Waals surface area contributed by atoms with Gasteiger partial charge in [-0.05, 0) is 107 Å². The van der Waals surface area contributed by atoms with Gasteiger partial charge in [0.1, 0.15) is 54.1 Å². The van der Waals surface area contributed by atoms with Crippen molar-refractivity contribution in [2.45, 2.75) is 130 Å². The fourth-order valence-electron chi connectivity index (χ4n) is 4.33. The summed E-state index contributed by atoms with van der Waals surface area (Å²) in [6.45, 7) is 18.4. The highest BCUT2D eigenvalue weighted by Crippen LogP contribution is 2.29. The van der Waals surface area contributed by atoms with Crippen molar-refractivity contribution >= 4 is 18.0 Å². The molecule has 0 radical (unpaired) electrons. The van der Waals surface area contributed by atoms with Crippen molar-refractivity contribution in [3.8, 4) is 5.75 Å². The van der Waals surface area contributed by atoms with Crippen molar-refractivity contribution in [3.05, 3.63) is 29.8 Å². The number of alkyl halides is 1. The molecule has 244 valence electrons. The molecular formula is C32H50FNO9. The summed E-state index contributed by atoms with van der Waals surface area (Å²) >= 11 is 0. The number of alkyl carbamates (subject to hydrolysis) is 1. The monoisotopic (exact) mass is 611 g/mol. The van der Waals surface area contributed by atoms with Gasteiger partial charge in [0.25, 0.3) is 0 Å². The summed E-state index contributed by atoms with van der Waals surface area (Å²) in [5.74, 6) is -2.38. The summed E-state index contributed by atoms with van der Waals surface area (Å²) in [4.78, 5) is 39.2. The molecule has 10 nitrogen and oxygen atoms in total. The quantitative estimate of drug-likeness (QED) is 0.249. The molecule has 2 rings (SSSR count). The molecule has 1 N–H and O–H groups in total. The summed E-state index contributed by atoms with van der Waals surface area (Å²) < 4.78 is 47.1. The molecule has 0 spiro atoms. The van der Waals surface area contributed by atoms with Crippen LogP contribution in [0.2, 0.25) is 0 Å². The first-order valence-electron chi connectivity index (χ1n) is 14.6. The molecule has 1 heterocycles. The lowest BCUT2D eigenvalue weighted by atomic mass is 9.92. The number of halogens is 1. The van der Waals surface area contributed by atoms with E-state index in [1.54, 1.807) is 100 Å². The molecule has 4 atom stereocenters. The fraction of sp³-hybridized carbons (Fsp3) is 0.719. The number of benzene rings is 1. The van der Waals surface area contributed by atoms with Crippen molar-refractivity contribution in [1.82, 2.24) is 5.32 Å². The molecule has 1 fully saturated rings. The fourth-order valence-corrected chi connectivity index (χ4v) is 4.33. The summed E-state index contributed by atoms with van der Waals surface area (Å²) in [5, 5.41) is 2.58. The zero-order chi connectivity index (χ0) is 32.8. The molecule has 11 heteroatoms. The average Bonchev–Trinajstić information content (AvgIpc) is 3.12. The first kappa shape index (κ1) is 36.3. The van der Waals surface area contributed by atoms with Crippen molar-refractivity contribution in [2.75, 3.05) is 13.3 Å². The molecule has 1 aromatic carbocycles. The van der Waals surface area contributed by atoms with E-state index in [1.807, 2.05) is 0 Å². The number of ether oxygens (including phenoxy) is 6. The molecule has 1 unspecified atom stereocenters. The molecule has 1 aliphatic rings. The zero-order valence-electron chi connectivity index (χ0n) is 27.5. The average molecular weight is 612 g/mol. The van der Waals surface area contributed by atoms with E-state index in [1.165, 1.54) is 0 Å². The number of esters is 2. The number of nitrogens with one attached hydrogen (secondary N) is 1. The van der Waals surface area contributed by atoms with Crippen LogP contribution in [0.1, 0.15) is 88.1 Å². The lowest BCUT2D eigenvalue weighted by Crippen LogP contribution is -2.48. The number of carbonyl (C=O) groups excluding carboxylic acids is 3. The SMILES string of the molecule is CC(C)(C)OC(=O)N[C@@H](C[C@H](Cc1ccc(OCC2OC(C)(C)O[C@H]2CF)cc1)C(=O)OC(C)(C)C)C(=O)OC(C)(C)C. The second-order valence-electron chi connectivity index (χ2n) is 14.2. The molecule has 0 aliphatic carbocycles. The molecule has 1 aromatic rings. The minimum Gasteiger partial charge on any atom is -0.491 e. The van der Waals surface area contributed by atoms with Crippen LogP contribution in [0.3, 0.4) is 0 Å². The molecule has 0 bridgehead atoms. The standard InChI is InChI=1S/C32H50FNO9/c1-29(2,3)41-26(35)21(17-23(27(36)42-30(4,5)6)34-28(37)43-31(7,8)9)16-20-12-14-22(15-13-20)38-19-25-24(18-33)39-32(10,11)40-25/h12-15,21,23-25H,16-19H2,1-11H3,(H,34,37)/t21-,23-,24-,25?/m0/s1. The van der Waals surface area contributed by atoms with Crippen LogP contribution in [0.5, 0.6) is 5.75 Å². The van der Waals surface area contributed by atoms with Gasteiger partial charge in [-0.3, -0.25) is 4.79 Å². The van der Waals surface area contributed by atoms with Crippen molar-refractivity contribution in [1.29, 1.82) is 0 Å². The van der Waals surface area contributed by atoms with Gasteiger partial charge in [0.15, 0.2) is 5.79 Å². The third kappa shape index (κ3) is 13.5. The Bertz CT molecular complexity index is 1080. The van der Waals surface area contributed by atoms with Crippen LogP contribution in [0.15, 0.2) is 24.3 Å². The normalized spacial score (nSPS) is 20.1. The van der Waals surface area contributed by atoms with E-state index in [-0.39, 0.29) is 19.4 Å². The Hall–Kier alpha value is -2.92. The highest BCUT2D eigenvalue weighted by atomic mass is 19.1. The van der Waals surface area contributed by atoms with E-state index in [0.29, 0.717) is 5.75 Å². The maximum absolute atomic E-state index is 13.4. The first-order chi connectivity index (χ1) is 19.6. The maximum atomic E-state index is 13.4. The highest BCUT2D eigenvalue weighted by Gasteiger charge is 2.42. The Morgan fingerprint density at radius 3 is 1.86 bits per heavy atom. The predicted molar refractivity (Wildman–Crippen MR) is 158 cm³/mol. The Morgan fingerprint density at radius 1 is 0.837 bits per heavy atom. The van der Waals surface area contributed by atoms with Gasteiger partial charge in [-0.25, -0.2) is 14.0 Å². The number of carbonyl (C=O) groups is 3. The van der Waals surface area contributed by atoms with Crippen LogP contribution in [0, 0.1) is 5.92 Å². The summed E-state index contributed by atoms with van der Waals surface area (Å²) in [7, 11) is 0. The van der Waals surface area contributed by atoms with Gasteiger partial charge in [0.05, 0.1) is 5.92 Å². The Morgan fingerprint density at radius 2 is 1.35 bits per heavy atom. The molecular weight excluding hydrogens is 561 g/mol. The largest absolute Gasteiger partial charge is 0.491 e. The molecule has 0 aromatic heterocycles. The zero-order valence-corrected chi connectivity index (χ0v) is 27.5. The Kier molecular flexibility index (Phi) is 12.0. The van der Waals surface area contributed by atoms with Crippen LogP contribution in [-0.2, 0) is 39.7 Å². The molecule has 1 amide bonds. The minimum atomic E-state index is -1.17. The smallest absolute Gasteiger partial charge is 0.408 e. The second kappa shape index (κ2) is 14.2.